The van der Waals surface area contributed by atoms with Crippen LogP contribution in [0.2, 0.25) is 0 Å². The second-order valence-corrected chi connectivity index (χ2v) is 9.04. The summed E-state index contributed by atoms with van der Waals surface area (Å²) in [5, 5.41) is 0. The zero-order chi connectivity index (χ0) is 25.8. The molecule has 3 aromatic rings. The summed E-state index contributed by atoms with van der Waals surface area (Å²) in [6.07, 6.45) is 15.8. The first-order valence-electron chi connectivity index (χ1n) is 12.8. The van der Waals surface area contributed by atoms with E-state index in [2.05, 4.69) is 30.4 Å². The van der Waals surface area contributed by atoms with Gasteiger partial charge in [0.15, 0.2) is 17.5 Å². The van der Waals surface area contributed by atoms with Crippen molar-refractivity contribution < 1.29 is 13.5 Å². The van der Waals surface area contributed by atoms with Crippen molar-refractivity contribution in [1.29, 1.82) is 0 Å². The molecule has 5 heteroatoms. The van der Waals surface area contributed by atoms with E-state index in [-0.39, 0.29) is 23.1 Å². The molecule has 1 atom stereocenters. The maximum absolute atomic E-state index is 14.8. The van der Waals surface area contributed by atoms with Crippen LogP contribution in [0.25, 0.3) is 28.6 Å². The van der Waals surface area contributed by atoms with Crippen molar-refractivity contribution in [3.8, 4) is 22.5 Å². The first-order valence-corrected chi connectivity index (χ1v) is 12.8. The Hall–Kier alpha value is -3.18. The summed E-state index contributed by atoms with van der Waals surface area (Å²) in [5.74, 6) is -1.67. The summed E-state index contributed by atoms with van der Waals surface area (Å²) in [7, 11) is 0. The SMILES string of the molecule is C=CCc1ccc(-c2cnc(-c3ccc(/C=C/CCCC(C)OCCCCC)c(F)c3F)nc2)cc1. The molecule has 1 heterocycles. The number of ether oxygens (including phenoxy) is 1. The van der Waals surface area contributed by atoms with Crippen LogP contribution in [0.4, 0.5) is 8.78 Å². The van der Waals surface area contributed by atoms with Crippen molar-refractivity contribution in [3.63, 3.8) is 0 Å². The van der Waals surface area contributed by atoms with E-state index in [1.165, 1.54) is 24.5 Å². The van der Waals surface area contributed by atoms with E-state index in [0.29, 0.717) is 0 Å². The van der Waals surface area contributed by atoms with E-state index in [1.54, 1.807) is 24.5 Å². The number of unbranched alkanes of at least 4 members (excludes halogenated alkanes) is 3. The standard InChI is InChI=1S/C31H36F2N2O/c1-4-6-10-20-36-23(3)12-8-7-9-13-26-18-19-28(30(33)29(26)32)31-34-21-27(22-35-31)25-16-14-24(11-5-2)15-17-25/h5,9,13-19,21-23H,2,4,6-8,10-12,20H2,1,3H3/b13-9+. The van der Waals surface area contributed by atoms with Crippen LogP contribution >= 0.6 is 0 Å². The lowest BCUT2D eigenvalue weighted by Gasteiger charge is -2.12. The van der Waals surface area contributed by atoms with Crippen LogP contribution in [0.1, 0.15) is 63.5 Å². The zero-order valence-corrected chi connectivity index (χ0v) is 21.4. The predicted molar refractivity (Wildman–Crippen MR) is 145 cm³/mol. The molecular weight excluding hydrogens is 454 g/mol. The highest BCUT2D eigenvalue weighted by Crippen LogP contribution is 2.26. The zero-order valence-electron chi connectivity index (χ0n) is 21.4. The molecule has 0 fully saturated rings. The minimum absolute atomic E-state index is 0.0478. The Morgan fingerprint density at radius 3 is 2.39 bits per heavy atom. The van der Waals surface area contributed by atoms with Gasteiger partial charge in [-0.15, -0.1) is 6.58 Å². The highest BCUT2D eigenvalue weighted by Gasteiger charge is 2.15. The monoisotopic (exact) mass is 490 g/mol. The van der Waals surface area contributed by atoms with Gasteiger partial charge in [0.2, 0.25) is 0 Å². The molecule has 36 heavy (non-hydrogen) atoms. The third-order valence-electron chi connectivity index (χ3n) is 6.10. The Kier molecular flexibility index (Phi) is 11.0. The van der Waals surface area contributed by atoms with E-state index in [1.807, 2.05) is 36.4 Å². The van der Waals surface area contributed by atoms with E-state index in [9.17, 15) is 8.78 Å². The molecule has 190 valence electrons. The number of allylic oxidation sites excluding steroid dienone is 2. The molecular formula is C31H36F2N2O. The van der Waals surface area contributed by atoms with Crippen LogP contribution in [-0.2, 0) is 11.2 Å². The molecule has 0 radical (unpaired) electrons. The van der Waals surface area contributed by atoms with Crippen molar-refractivity contribution in [2.45, 2.75) is 64.9 Å². The molecule has 3 nitrogen and oxygen atoms in total. The Balaban J connectivity index is 1.57. The normalized spacial score (nSPS) is 12.2. The van der Waals surface area contributed by atoms with Gasteiger partial charge in [-0.2, -0.15) is 0 Å². The van der Waals surface area contributed by atoms with Gasteiger partial charge in [0.05, 0.1) is 11.7 Å². The van der Waals surface area contributed by atoms with Crippen LogP contribution in [0.5, 0.6) is 0 Å². The third kappa shape index (κ3) is 7.92. The number of nitrogens with zero attached hydrogens (tertiary/aromatic N) is 2. The first kappa shape index (κ1) is 27.4. The van der Waals surface area contributed by atoms with Gasteiger partial charge in [-0.1, -0.05) is 68.3 Å². The van der Waals surface area contributed by atoms with Gasteiger partial charge in [0, 0.05) is 30.1 Å². The van der Waals surface area contributed by atoms with Crippen LogP contribution in [0.15, 0.2) is 67.5 Å². The molecule has 0 aliphatic rings. The average Bonchev–Trinajstić information content (AvgIpc) is 2.90. The second kappa shape index (κ2) is 14.4. The molecule has 3 rings (SSSR count). The average molecular weight is 491 g/mol. The lowest BCUT2D eigenvalue weighted by atomic mass is 10.0. The highest BCUT2D eigenvalue weighted by atomic mass is 19.2. The maximum Gasteiger partial charge on any atom is 0.170 e. The van der Waals surface area contributed by atoms with Crippen molar-refractivity contribution in [2.24, 2.45) is 0 Å². The number of halogens is 2. The summed E-state index contributed by atoms with van der Waals surface area (Å²) < 4.78 is 35.3. The number of aromatic nitrogens is 2. The molecule has 0 aliphatic carbocycles. The largest absolute Gasteiger partial charge is 0.379 e. The number of rotatable bonds is 14. The first-order chi connectivity index (χ1) is 17.5. The predicted octanol–water partition coefficient (Wildman–Crippen LogP) is 8.60. The van der Waals surface area contributed by atoms with Crippen LogP contribution < -0.4 is 0 Å². The van der Waals surface area contributed by atoms with Crippen molar-refractivity contribution in [3.05, 3.63) is 90.3 Å². The molecule has 0 spiro atoms. The van der Waals surface area contributed by atoms with E-state index in [0.717, 1.165) is 49.8 Å². The van der Waals surface area contributed by atoms with Gasteiger partial charge in [0.1, 0.15) is 0 Å². The number of benzene rings is 2. The fourth-order valence-corrected chi connectivity index (χ4v) is 3.94. The van der Waals surface area contributed by atoms with Gasteiger partial charge in [0.25, 0.3) is 0 Å². The molecule has 0 aliphatic heterocycles. The summed E-state index contributed by atoms with van der Waals surface area (Å²) in [5.41, 5.74) is 3.20. The van der Waals surface area contributed by atoms with E-state index >= 15 is 0 Å². The minimum Gasteiger partial charge on any atom is -0.379 e. The summed E-state index contributed by atoms with van der Waals surface area (Å²) in [6, 6.07) is 11.1. The molecule has 0 N–H and O–H groups in total. The third-order valence-corrected chi connectivity index (χ3v) is 6.10. The molecule has 0 saturated carbocycles. The molecule has 0 amide bonds. The molecule has 1 unspecified atom stereocenters. The summed E-state index contributed by atoms with van der Waals surface area (Å²) in [4.78, 5) is 8.57. The van der Waals surface area contributed by atoms with Crippen molar-refractivity contribution >= 4 is 6.08 Å². The van der Waals surface area contributed by atoms with Crippen molar-refractivity contribution in [1.82, 2.24) is 9.97 Å². The van der Waals surface area contributed by atoms with Crippen LogP contribution in [-0.4, -0.2) is 22.7 Å². The van der Waals surface area contributed by atoms with E-state index < -0.39 is 11.6 Å². The van der Waals surface area contributed by atoms with Gasteiger partial charge < -0.3 is 4.74 Å². The van der Waals surface area contributed by atoms with Gasteiger partial charge >= 0.3 is 0 Å². The van der Waals surface area contributed by atoms with Gasteiger partial charge in [-0.05, 0) is 56.2 Å². The molecule has 0 bridgehead atoms. The quantitative estimate of drug-likeness (QED) is 0.168. The fourth-order valence-electron chi connectivity index (χ4n) is 3.94. The Morgan fingerprint density at radius 2 is 1.69 bits per heavy atom. The summed E-state index contributed by atoms with van der Waals surface area (Å²) >= 11 is 0. The van der Waals surface area contributed by atoms with Crippen molar-refractivity contribution in [2.75, 3.05) is 6.61 Å². The summed E-state index contributed by atoms with van der Waals surface area (Å²) in [6.45, 7) is 8.81. The minimum atomic E-state index is -0.937. The molecule has 1 aromatic heterocycles. The van der Waals surface area contributed by atoms with Crippen LogP contribution in [0, 0.1) is 11.6 Å². The number of hydrogen-bond acceptors (Lipinski definition) is 3. The fraction of sp³-hybridized carbons (Fsp3) is 0.355. The Bertz CT molecular complexity index is 1120. The maximum atomic E-state index is 14.8. The topological polar surface area (TPSA) is 35.0 Å². The van der Waals surface area contributed by atoms with E-state index in [4.69, 9.17) is 4.74 Å². The molecule has 2 aromatic carbocycles. The lowest BCUT2D eigenvalue weighted by Crippen LogP contribution is -2.08. The van der Waals surface area contributed by atoms with Gasteiger partial charge in [-0.3, -0.25) is 0 Å². The Morgan fingerprint density at radius 1 is 0.944 bits per heavy atom. The lowest BCUT2D eigenvalue weighted by molar-refractivity contribution is 0.0566. The molecule has 0 saturated heterocycles. The second-order valence-electron chi connectivity index (χ2n) is 9.04. The van der Waals surface area contributed by atoms with Crippen LogP contribution in [0.3, 0.4) is 0 Å². The number of hydrogen-bond donors (Lipinski definition) is 0. The smallest absolute Gasteiger partial charge is 0.170 e. The Labute approximate surface area is 214 Å². The highest BCUT2D eigenvalue weighted by molar-refractivity contribution is 5.65. The van der Waals surface area contributed by atoms with Gasteiger partial charge in [-0.25, -0.2) is 18.7 Å².